The quantitative estimate of drug-likeness (QED) is 0.796. The van der Waals surface area contributed by atoms with E-state index in [1.165, 1.54) is 38.4 Å². The smallest absolute Gasteiger partial charge is 0.226 e. The summed E-state index contributed by atoms with van der Waals surface area (Å²) in [5.41, 5.74) is 0. The highest BCUT2D eigenvalue weighted by Gasteiger charge is 2.51. The van der Waals surface area contributed by atoms with Crippen LogP contribution < -0.4 is 0 Å². The molecule has 4 nitrogen and oxygen atoms in total. The van der Waals surface area contributed by atoms with Gasteiger partial charge >= 0.3 is 0 Å². The molecule has 4 fully saturated rings. The number of hydrogen-bond acceptors (Lipinski definition) is 3. The summed E-state index contributed by atoms with van der Waals surface area (Å²) in [7, 11) is -1.33. The van der Waals surface area contributed by atoms with Crippen molar-refractivity contribution < 1.29 is 13.2 Å². The zero-order valence-corrected chi connectivity index (χ0v) is 15.0. The average molecular weight is 327 g/mol. The zero-order chi connectivity index (χ0) is 16.2. The van der Waals surface area contributed by atoms with Crippen LogP contribution in [-0.4, -0.2) is 43.8 Å². The Morgan fingerprint density at radius 3 is 1.86 bits per heavy atom. The Kier molecular flexibility index (Phi) is 4.07. The van der Waals surface area contributed by atoms with E-state index in [9.17, 15) is 13.2 Å². The number of amides is 1. The van der Waals surface area contributed by atoms with Gasteiger partial charge in [0, 0.05) is 25.3 Å². The number of sulfone groups is 1. The third-order valence-electron chi connectivity index (χ3n) is 6.83. The fourth-order valence-electron chi connectivity index (χ4n) is 5.44. The van der Waals surface area contributed by atoms with Crippen molar-refractivity contribution in [2.75, 3.05) is 13.3 Å². The second kappa shape index (κ2) is 5.50. The van der Waals surface area contributed by atoms with Gasteiger partial charge in [-0.25, -0.2) is 8.42 Å². The van der Waals surface area contributed by atoms with E-state index < -0.39 is 15.1 Å². The van der Waals surface area contributed by atoms with Gasteiger partial charge in [0.15, 0.2) is 9.84 Å². The second-order valence-electron chi connectivity index (χ2n) is 8.18. The highest BCUT2D eigenvalue weighted by Crippen LogP contribution is 2.56. The van der Waals surface area contributed by atoms with Crippen LogP contribution in [0.25, 0.3) is 0 Å². The lowest BCUT2D eigenvalue weighted by Crippen LogP contribution is -2.54. The highest BCUT2D eigenvalue weighted by molar-refractivity contribution is 7.91. The molecule has 22 heavy (non-hydrogen) atoms. The summed E-state index contributed by atoms with van der Waals surface area (Å²) in [6.45, 7) is 3.57. The SMILES string of the molecule is CC(C(C)S(C)(=O)=O)N(C)C(=O)C1C2CC3CC(C2)CC1C3. The lowest BCUT2D eigenvalue weighted by molar-refractivity contribution is -0.149. The molecule has 0 aromatic carbocycles. The first kappa shape index (κ1) is 16.3. The van der Waals surface area contributed by atoms with E-state index in [0.29, 0.717) is 11.8 Å². The molecule has 0 radical (unpaired) electrons. The van der Waals surface area contributed by atoms with Crippen molar-refractivity contribution in [1.29, 1.82) is 0 Å². The van der Waals surface area contributed by atoms with Gasteiger partial charge in [-0.15, -0.1) is 0 Å². The van der Waals surface area contributed by atoms with Crippen LogP contribution in [0.3, 0.4) is 0 Å². The van der Waals surface area contributed by atoms with Crippen molar-refractivity contribution in [1.82, 2.24) is 4.90 Å². The predicted octanol–water partition coefficient (Wildman–Crippen LogP) is 2.34. The molecule has 2 atom stereocenters. The summed E-state index contributed by atoms with van der Waals surface area (Å²) in [5.74, 6) is 3.14. The molecule has 0 heterocycles. The Morgan fingerprint density at radius 2 is 1.45 bits per heavy atom. The first-order valence-corrected chi connectivity index (χ1v) is 10.6. The van der Waals surface area contributed by atoms with E-state index in [2.05, 4.69) is 0 Å². The van der Waals surface area contributed by atoms with Gasteiger partial charge in [-0.2, -0.15) is 0 Å². The van der Waals surface area contributed by atoms with Crippen LogP contribution >= 0.6 is 0 Å². The summed E-state index contributed by atoms with van der Waals surface area (Å²) < 4.78 is 23.6. The summed E-state index contributed by atoms with van der Waals surface area (Å²) in [4.78, 5) is 14.8. The molecule has 5 heteroatoms. The maximum Gasteiger partial charge on any atom is 0.226 e. The molecule has 4 rings (SSSR count). The van der Waals surface area contributed by atoms with Gasteiger partial charge in [0.1, 0.15) is 0 Å². The highest BCUT2D eigenvalue weighted by atomic mass is 32.2. The van der Waals surface area contributed by atoms with Gasteiger partial charge in [0.25, 0.3) is 0 Å². The molecule has 4 aliphatic rings. The van der Waals surface area contributed by atoms with E-state index >= 15 is 0 Å². The standard InChI is InChI=1S/C17H29NO3S/c1-10(11(2)22(4,20)21)18(3)17(19)16-14-6-12-5-13(8-14)9-15(16)7-12/h10-16H,5-9H2,1-4H3. The van der Waals surface area contributed by atoms with Gasteiger partial charge < -0.3 is 4.90 Å². The summed E-state index contributed by atoms with van der Waals surface area (Å²) in [6, 6.07) is -0.264. The van der Waals surface area contributed by atoms with Crippen LogP contribution in [0, 0.1) is 29.6 Å². The predicted molar refractivity (Wildman–Crippen MR) is 87.1 cm³/mol. The average Bonchev–Trinajstić information content (AvgIpc) is 2.42. The van der Waals surface area contributed by atoms with Crippen LogP contribution in [0.15, 0.2) is 0 Å². The number of hydrogen-bond donors (Lipinski definition) is 0. The monoisotopic (exact) mass is 327 g/mol. The molecule has 4 aliphatic carbocycles. The summed E-state index contributed by atoms with van der Waals surface area (Å²) in [6.07, 6.45) is 7.50. The third-order valence-corrected chi connectivity index (χ3v) is 8.57. The molecule has 0 spiro atoms. The molecule has 0 aromatic heterocycles. The lowest BCUT2D eigenvalue weighted by atomic mass is 9.51. The molecule has 2 unspecified atom stereocenters. The molecule has 0 N–H and O–H groups in total. The van der Waals surface area contributed by atoms with E-state index in [1.54, 1.807) is 18.9 Å². The molecule has 126 valence electrons. The largest absolute Gasteiger partial charge is 0.342 e. The summed E-state index contributed by atoms with van der Waals surface area (Å²) >= 11 is 0. The van der Waals surface area contributed by atoms with E-state index in [-0.39, 0.29) is 17.9 Å². The Labute approximate surface area is 134 Å². The van der Waals surface area contributed by atoms with Gasteiger partial charge in [0.05, 0.1) is 5.25 Å². The summed E-state index contributed by atoms with van der Waals surface area (Å²) in [5, 5.41) is -0.515. The Bertz CT molecular complexity index is 528. The number of nitrogens with zero attached hydrogens (tertiary/aromatic N) is 1. The van der Waals surface area contributed by atoms with Crippen molar-refractivity contribution in [3.05, 3.63) is 0 Å². The van der Waals surface area contributed by atoms with Gasteiger partial charge in [-0.3, -0.25) is 4.79 Å². The Hall–Kier alpha value is -0.580. The molecular weight excluding hydrogens is 298 g/mol. The van der Waals surface area contributed by atoms with Crippen LogP contribution in [0.2, 0.25) is 0 Å². The fraction of sp³-hybridized carbons (Fsp3) is 0.941. The van der Waals surface area contributed by atoms with Crippen molar-refractivity contribution in [3.8, 4) is 0 Å². The molecule has 1 amide bonds. The molecule has 4 bridgehead atoms. The van der Waals surface area contributed by atoms with Crippen molar-refractivity contribution >= 4 is 15.7 Å². The zero-order valence-electron chi connectivity index (χ0n) is 14.2. The van der Waals surface area contributed by atoms with Crippen LogP contribution in [0.4, 0.5) is 0 Å². The first-order valence-electron chi connectivity index (χ1n) is 8.64. The normalized spacial score (nSPS) is 39.5. The van der Waals surface area contributed by atoms with Crippen molar-refractivity contribution in [3.63, 3.8) is 0 Å². The Morgan fingerprint density at radius 1 is 1.00 bits per heavy atom. The molecule has 0 saturated heterocycles. The number of rotatable bonds is 4. The Balaban J connectivity index is 1.74. The van der Waals surface area contributed by atoms with E-state index in [1.807, 2.05) is 6.92 Å². The third kappa shape index (κ3) is 2.70. The minimum Gasteiger partial charge on any atom is -0.342 e. The number of carbonyl (C=O) groups is 1. The molecule has 4 saturated carbocycles. The van der Waals surface area contributed by atoms with Crippen LogP contribution in [0.5, 0.6) is 0 Å². The minimum atomic E-state index is -3.13. The van der Waals surface area contributed by atoms with Crippen LogP contribution in [0.1, 0.15) is 46.0 Å². The fourth-order valence-corrected chi connectivity index (χ4v) is 6.33. The van der Waals surface area contributed by atoms with Gasteiger partial charge in [-0.1, -0.05) is 0 Å². The molecule has 0 aromatic rings. The molecule has 0 aliphatic heterocycles. The van der Waals surface area contributed by atoms with Crippen molar-refractivity contribution in [2.24, 2.45) is 29.6 Å². The number of carbonyl (C=O) groups excluding carboxylic acids is 1. The topological polar surface area (TPSA) is 54.5 Å². The first-order chi connectivity index (χ1) is 10.2. The molecular formula is C17H29NO3S. The maximum atomic E-state index is 13.0. The second-order valence-corrected chi connectivity index (χ2v) is 10.6. The van der Waals surface area contributed by atoms with E-state index in [0.717, 1.165) is 11.8 Å². The maximum absolute atomic E-state index is 13.0. The van der Waals surface area contributed by atoms with Gasteiger partial charge in [-0.05, 0) is 69.6 Å². The van der Waals surface area contributed by atoms with Gasteiger partial charge in [0.2, 0.25) is 5.91 Å². The van der Waals surface area contributed by atoms with Crippen LogP contribution in [-0.2, 0) is 14.6 Å². The van der Waals surface area contributed by atoms with E-state index in [4.69, 9.17) is 0 Å². The van der Waals surface area contributed by atoms with Crippen molar-refractivity contribution in [2.45, 2.75) is 57.2 Å². The minimum absolute atomic E-state index is 0.145. The lowest BCUT2D eigenvalue weighted by Gasteiger charge is -2.54.